The number of furan rings is 1. The summed E-state index contributed by atoms with van der Waals surface area (Å²) in [5.41, 5.74) is 2.51. The van der Waals surface area contributed by atoms with Crippen LogP contribution in [0, 0.1) is 13.8 Å². The largest absolute Gasteiger partial charge is 0.458 e. The van der Waals surface area contributed by atoms with Crippen LogP contribution in [0.2, 0.25) is 0 Å². The van der Waals surface area contributed by atoms with E-state index in [-0.39, 0.29) is 0 Å². The molecule has 1 aliphatic heterocycles. The molecule has 1 aliphatic rings. The Kier molecular flexibility index (Phi) is 3.94. The summed E-state index contributed by atoms with van der Waals surface area (Å²) in [5, 5.41) is 8.17. The molecule has 0 saturated carbocycles. The molecule has 1 saturated heterocycles. The average Bonchev–Trinajstić information content (AvgIpc) is 3.27. The van der Waals surface area contributed by atoms with E-state index >= 15 is 0 Å². The lowest BCUT2D eigenvalue weighted by molar-refractivity contribution is 0.542. The maximum atomic E-state index is 5.72. The average molecular weight is 322 g/mol. The maximum Gasteiger partial charge on any atom is 0.217 e. The van der Waals surface area contributed by atoms with Gasteiger partial charge in [0.15, 0.2) is 5.76 Å². The van der Waals surface area contributed by atoms with Crippen molar-refractivity contribution in [2.45, 2.75) is 32.7 Å². The van der Waals surface area contributed by atoms with Gasteiger partial charge in [-0.1, -0.05) is 29.8 Å². The van der Waals surface area contributed by atoms with Crippen molar-refractivity contribution in [1.29, 1.82) is 0 Å². The number of aromatic nitrogens is 3. The first-order valence-corrected chi connectivity index (χ1v) is 8.47. The number of nitrogens with one attached hydrogen (secondary N) is 1. The highest BCUT2D eigenvalue weighted by atomic mass is 16.3. The van der Waals surface area contributed by atoms with E-state index < -0.39 is 0 Å². The van der Waals surface area contributed by atoms with Crippen LogP contribution in [0.3, 0.4) is 0 Å². The molecule has 3 heterocycles. The Morgan fingerprint density at radius 1 is 1.25 bits per heavy atom. The van der Waals surface area contributed by atoms with Crippen molar-refractivity contribution in [2.24, 2.45) is 0 Å². The molecule has 0 aliphatic carbocycles. The second-order valence-electron chi connectivity index (χ2n) is 6.54. The van der Waals surface area contributed by atoms with Gasteiger partial charge in [-0.05, 0) is 44.5 Å². The molecule has 4 rings (SSSR count). The lowest BCUT2D eigenvalue weighted by Crippen LogP contribution is -2.14. The highest BCUT2D eigenvalue weighted by Crippen LogP contribution is 2.26. The van der Waals surface area contributed by atoms with Crippen molar-refractivity contribution in [1.82, 2.24) is 20.1 Å². The van der Waals surface area contributed by atoms with Crippen molar-refractivity contribution < 1.29 is 4.42 Å². The van der Waals surface area contributed by atoms with Crippen molar-refractivity contribution in [3.63, 3.8) is 0 Å². The third-order valence-electron chi connectivity index (χ3n) is 4.50. The van der Waals surface area contributed by atoms with E-state index in [0.717, 1.165) is 43.4 Å². The van der Waals surface area contributed by atoms with E-state index in [9.17, 15) is 0 Å². The summed E-state index contributed by atoms with van der Waals surface area (Å²) in [6, 6.07) is 12.4. The monoisotopic (exact) mass is 322 g/mol. The minimum Gasteiger partial charge on any atom is -0.458 e. The van der Waals surface area contributed by atoms with Gasteiger partial charge in [0.2, 0.25) is 5.82 Å². The Bertz CT molecular complexity index is 843. The molecule has 5 nitrogen and oxygen atoms in total. The molecule has 0 amide bonds. The van der Waals surface area contributed by atoms with Gasteiger partial charge in [0.25, 0.3) is 0 Å². The molecule has 24 heavy (non-hydrogen) atoms. The van der Waals surface area contributed by atoms with Crippen LogP contribution in [-0.2, 0) is 6.54 Å². The van der Waals surface area contributed by atoms with Gasteiger partial charge in [0, 0.05) is 12.5 Å². The summed E-state index contributed by atoms with van der Waals surface area (Å²) < 4.78 is 7.76. The minimum atomic E-state index is 0.409. The predicted octanol–water partition coefficient (Wildman–Crippen LogP) is 3.28. The summed E-state index contributed by atoms with van der Waals surface area (Å²) in [6.07, 6.45) is 1.10. The zero-order chi connectivity index (χ0) is 16.5. The molecular formula is C19H22N4O. The Balaban J connectivity index is 1.71. The zero-order valence-corrected chi connectivity index (χ0v) is 14.1. The molecule has 1 N–H and O–H groups in total. The van der Waals surface area contributed by atoms with E-state index in [4.69, 9.17) is 14.5 Å². The molecule has 5 heteroatoms. The smallest absolute Gasteiger partial charge is 0.217 e. The predicted molar refractivity (Wildman–Crippen MR) is 93.0 cm³/mol. The van der Waals surface area contributed by atoms with Crippen LogP contribution in [0.4, 0.5) is 0 Å². The third-order valence-corrected chi connectivity index (χ3v) is 4.50. The van der Waals surface area contributed by atoms with Gasteiger partial charge < -0.3 is 9.73 Å². The van der Waals surface area contributed by atoms with Gasteiger partial charge >= 0.3 is 0 Å². The fourth-order valence-corrected chi connectivity index (χ4v) is 3.29. The molecule has 0 unspecified atom stereocenters. The summed E-state index contributed by atoms with van der Waals surface area (Å²) >= 11 is 0. The van der Waals surface area contributed by atoms with Crippen LogP contribution in [0.15, 0.2) is 40.8 Å². The maximum absolute atomic E-state index is 5.72. The molecule has 1 atom stereocenters. The van der Waals surface area contributed by atoms with Crippen LogP contribution in [0.5, 0.6) is 0 Å². The van der Waals surface area contributed by atoms with Gasteiger partial charge in [-0.2, -0.15) is 0 Å². The molecule has 2 aromatic heterocycles. The molecule has 0 spiro atoms. The number of hydrogen-bond acceptors (Lipinski definition) is 4. The molecule has 3 aromatic rings. The standard InChI is InChI=1S/C19H22N4O/c1-13-4-3-5-15(10-13)12-23-19(16-8-9-20-11-16)21-18(22-23)17-7-6-14(2)24-17/h3-7,10,16,20H,8-9,11-12H2,1-2H3/t16-/m1/s1. The first-order chi connectivity index (χ1) is 11.7. The molecular weight excluding hydrogens is 300 g/mol. The number of rotatable bonds is 4. The summed E-state index contributed by atoms with van der Waals surface area (Å²) in [6.45, 7) is 6.79. The van der Waals surface area contributed by atoms with E-state index in [1.165, 1.54) is 11.1 Å². The molecule has 124 valence electrons. The number of hydrogen-bond donors (Lipinski definition) is 1. The molecule has 0 radical (unpaired) electrons. The van der Waals surface area contributed by atoms with Gasteiger partial charge in [0.05, 0.1) is 6.54 Å². The Hall–Kier alpha value is -2.40. The summed E-state index contributed by atoms with van der Waals surface area (Å²) in [5.74, 6) is 3.75. The SMILES string of the molecule is Cc1cccc(Cn2nc(-c3ccc(C)o3)nc2[C@@H]2CCNC2)c1. The second-order valence-corrected chi connectivity index (χ2v) is 6.54. The van der Waals surface area contributed by atoms with Crippen LogP contribution in [0.1, 0.15) is 35.1 Å². The highest BCUT2D eigenvalue weighted by Gasteiger charge is 2.24. The van der Waals surface area contributed by atoms with E-state index in [1.54, 1.807) is 0 Å². The van der Waals surface area contributed by atoms with E-state index in [1.807, 2.05) is 23.7 Å². The van der Waals surface area contributed by atoms with Crippen molar-refractivity contribution in [2.75, 3.05) is 13.1 Å². The first-order valence-electron chi connectivity index (χ1n) is 8.47. The third kappa shape index (κ3) is 2.99. The Labute approximate surface area is 141 Å². The summed E-state index contributed by atoms with van der Waals surface area (Å²) in [7, 11) is 0. The number of benzene rings is 1. The minimum absolute atomic E-state index is 0.409. The van der Waals surface area contributed by atoms with Gasteiger partial charge in [-0.15, -0.1) is 5.10 Å². The van der Waals surface area contributed by atoms with E-state index in [0.29, 0.717) is 11.7 Å². The van der Waals surface area contributed by atoms with Gasteiger partial charge in [-0.3, -0.25) is 0 Å². The fraction of sp³-hybridized carbons (Fsp3) is 0.368. The molecule has 1 aromatic carbocycles. The highest BCUT2D eigenvalue weighted by molar-refractivity contribution is 5.46. The van der Waals surface area contributed by atoms with Crippen LogP contribution in [-0.4, -0.2) is 27.9 Å². The number of nitrogens with zero attached hydrogens (tertiary/aromatic N) is 3. The quantitative estimate of drug-likeness (QED) is 0.801. The number of aryl methyl sites for hydroxylation is 2. The topological polar surface area (TPSA) is 55.9 Å². The normalized spacial score (nSPS) is 17.5. The Morgan fingerprint density at radius 3 is 2.88 bits per heavy atom. The second kappa shape index (κ2) is 6.24. The molecule has 1 fully saturated rings. The first kappa shape index (κ1) is 15.1. The summed E-state index contributed by atoms with van der Waals surface area (Å²) in [4.78, 5) is 4.81. The van der Waals surface area contributed by atoms with Crippen molar-refractivity contribution in [3.05, 3.63) is 59.1 Å². The van der Waals surface area contributed by atoms with E-state index in [2.05, 4.69) is 36.5 Å². The Morgan fingerprint density at radius 2 is 2.17 bits per heavy atom. The zero-order valence-electron chi connectivity index (χ0n) is 14.1. The van der Waals surface area contributed by atoms with Gasteiger partial charge in [-0.25, -0.2) is 9.67 Å². The lowest BCUT2D eigenvalue weighted by atomic mass is 10.1. The van der Waals surface area contributed by atoms with Crippen LogP contribution < -0.4 is 5.32 Å². The van der Waals surface area contributed by atoms with Crippen LogP contribution in [0.25, 0.3) is 11.6 Å². The fourth-order valence-electron chi connectivity index (χ4n) is 3.29. The van der Waals surface area contributed by atoms with Crippen LogP contribution >= 0.6 is 0 Å². The molecule has 0 bridgehead atoms. The van der Waals surface area contributed by atoms with Crippen molar-refractivity contribution in [3.8, 4) is 11.6 Å². The lowest BCUT2D eigenvalue weighted by Gasteiger charge is -2.10. The van der Waals surface area contributed by atoms with Gasteiger partial charge in [0.1, 0.15) is 11.6 Å². The van der Waals surface area contributed by atoms with Crippen molar-refractivity contribution >= 4 is 0 Å².